The van der Waals surface area contributed by atoms with Gasteiger partial charge in [0, 0.05) is 26.8 Å². The van der Waals surface area contributed by atoms with Crippen LogP contribution < -0.4 is 0 Å². The van der Waals surface area contributed by atoms with Crippen molar-refractivity contribution in [2.75, 3.05) is 5.75 Å². The minimum absolute atomic E-state index is 0.00932. The van der Waals surface area contributed by atoms with Crippen LogP contribution in [-0.4, -0.2) is 30.2 Å². The van der Waals surface area contributed by atoms with Crippen LogP contribution >= 0.6 is 11.3 Å². The van der Waals surface area contributed by atoms with Crippen LogP contribution in [-0.2, 0) is 21.0 Å². The lowest BCUT2D eigenvalue weighted by Crippen LogP contribution is -2.25. The molecule has 0 spiro atoms. The maximum atomic E-state index is 13.3. The van der Waals surface area contributed by atoms with Crippen molar-refractivity contribution in [3.05, 3.63) is 87.8 Å². The zero-order chi connectivity index (χ0) is 29.8. The van der Waals surface area contributed by atoms with Crippen molar-refractivity contribution >= 4 is 38.0 Å². The molecular formula is C26H23NO4S2. The van der Waals surface area contributed by atoms with Gasteiger partial charge in [0.15, 0.2) is 9.84 Å². The van der Waals surface area contributed by atoms with E-state index in [0.717, 1.165) is 16.9 Å². The minimum Gasteiger partial charge on any atom is -0.481 e. The van der Waals surface area contributed by atoms with E-state index in [1.807, 2.05) is 19.1 Å². The summed E-state index contributed by atoms with van der Waals surface area (Å²) in [5.74, 6) is -1.16. The van der Waals surface area contributed by atoms with Gasteiger partial charge >= 0.3 is 5.97 Å². The number of sulfone groups is 1. The third kappa shape index (κ3) is 5.36. The maximum Gasteiger partial charge on any atom is 0.307 e. The highest BCUT2D eigenvalue weighted by molar-refractivity contribution is 7.93. The van der Waals surface area contributed by atoms with Gasteiger partial charge in [0.25, 0.3) is 0 Å². The van der Waals surface area contributed by atoms with E-state index >= 15 is 0 Å². The second-order valence-corrected chi connectivity index (χ2v) is 10.6. The Labute approximate surface area is 206 Å². The molecule has 4 rings (SSSR count). The molecule has 0 unspecified atom stereocenters. The molecule has 2 aromatic heterocycles. The Bertz CT molecular complexity index is 1830. The number of carbonyl (C=O) groups is 1. The molecule has 0 bridgehead atoms. The summed E-state index contributed by atoms with van der Waals surface area (Å²) in [5, 5.41) is 9.66. The number of rotatable bonds is 6. The molecule has 4 aromatic rings. The Kier molecular flexibility index (Phi) is 4.35. The van der Waals surface area contributed by atoms with Crippen molar-refractivity contribution in [1.82, 2.24) is 4.98 Å². The zero-order valence-corrected chi connectivity index (χ0v) is 19.3. The Morgan fingerprint density at radius 1 is 1.18 bits per heavy atom. The van der Waals surface area contributed by atoms with Gasteiger partial charge in [-0.3, -0.25) is 4.79 Å². The van der Waals surface area contributed by atoms with E-state index in [1.165, 1.54) is 19.1 Å². The van der Waals surface area contributed by atoms with Crippen LogP contribution in [0, 0.1) is 31.6 Å². The number of aromatic amines is 1. The monoisotopic (exact) mass is 484 g/mol. The van der Waals surface area contributed by atoms with Gasteiger partial charge in [-0.15, -0.1) is 11.3 Å². The first kappa shape index (κ1) is 15.5. The van der Waals surface area contributed by atoms with Crippen LogP contribution in [0.15, 0.2) is 64.9 Å². The molecule has 0 saturated heterocycles. The zero-order valence-electron chi connectivity index (χ0n) is 24.7. The third-order valence-electron chi connectivity index (χ3n) is 4.64. The summed E-state index contributed by atoms with van der Waals surface area (Å²) in [5.41, 5.74) is 0.773. The number of H-pyrrole nitrogens is 1. The Balaban J connectivity index is 1.77. The fourth-order valence-corrected chi connectivity index (χ4v) is 5.49. The lowest BCUT2D eigenvalue weighted by atomic mass is 10.00. The molecule has 0 amide bonds. The number of aryl methyl sites for hydroxylation is 1. The molecule has 168 valence electrons. The van der Waals surface area contributed by atoms with Crippen LogP contribution in [0.3, 0.4) is 0 Å². The number of benzene rings is 2. The largest absolute Gasteiger partial charge is 0.481 e. The predicted molar refractivity (Wildman–Crippen MR) is 131 cm³/mol. The van der Waals surface area contributed by atoms with Crippen molar-refractivity contribution in [3.8, 4) is 11.8 Å². The molecule has 2 aromatic carbocycles. The molecule has 2 heterocycles. The average molecular weight is 485 g/mol. The standard InChI is InChI=1S/C26H23NO4S2/c1-17-3-6-19(7-4-17)8-9-22-10-12-25(32-22)33(30,31)16-21(26(28)29)14-20-15-27-24-11-5-18(2)13-23(20)24/h3-7,10-13,15,21,27H,14,16H2,1-2H3,(H,28,29)/t21-/m0/s1/i5D,11D,13D,14D2,15D,21D. The van der Waals surface area contributed by atoms with Gasteiger partial charge in [-0.1, -0.05) is 41.1 Å². The highest BCUT2D eigenvalue weighted by Gasteiger charge is 2.28. The number of carboxylic acid groups (broad SMARTS) is 1. The number of aliphatic carboxylic acids is 1. The maximum absolute atomic E-state index is 13.3. The fourth-order valence-electron chi connectivity index (χ4n) is 2.95. The fraction of sp³-hybridized carbons (Fsp3) is 0.192. The molecule has 5 nitrogen and oxygen atoms in total. The Morgan fingerprint density at radius 3 is 2.67 bits per heavy atom. The smallest absolute Gasteiger partial charge is 0.307 e. The summed E-state index contributed by atoms with van der Waals surface area (Å²) in [4.78, 5) is 15.2. The van der Waals surface area contributed by atoms with Crippen LogP contribution in [0.2, 0.25) is 0 Å². The molecule has 0 saturated carbocycles. The van der Waals surface area contributed by atoms with Crippen molar-refractivity contribution < 1.29 is 27.9 Å². The summed E-state index contributed by atoms with van der Waals surface area (Å²) in [6, 6.07) is 8.82. The molecule has 0 radical (unpaired) electrons. The molecule has 33 heavy (non-hydrogen) atoms. The van der Waals surface area contributed by atoms with Crippen molar-refractivity contribution in [3.63, 3.8) is 0 Å². The van der Waals surface area contributed by atoms with Crippen molar-refractivity contribution in [1.29, 1.82) is 0 Å². The normalized spacial score (nSPS) is 16.7. The van der Waals surface area contributed by atoms with E-state index in [9.17, 15) is 18.3 Å². The highest BCUT2D eigenvalue weighted by Crippen LogP contribution is 2.27. The highest BCUT2D eigenvalue weighted by atomic mass is 32.2. The summed E-state index contributed by atoms with van der Waals surface area (Å²) < 4.78 is 85.2. The summed E-state index contributed by atoms with van der Waals surface area (Å²) in [6.07, 6.45) is -4.03. The molecule has 0 aliphatic rings. The van der Waals surface area contributed by atoms with Gasteiger partial charge in [0.1, 0.15) is 4.21 Å². The Morgan fingerprint density at radius 2 is 1.94 bits per heavy atom. The van der Waals surface area contributed by atoms with Gasteiger partial charge < -0.3 is 10.1 Å². The third-order valence-corrected chi connectivity index (χ3v) is 7.86. The van der Waals surface area contributed by atoms with Crippen LogP contribution in [0.1, 0.15) is 36.7 Å². The second kappa shape index (κ2) is 9.26. The summed E-state index contributed by atoms with van der Waals surface area (Å²) >= 11 is 0.757. The number of nitrogens with one attached hydrogen (secondary N) is 1. The summed E-state index contributed by atoms with van der Waals surface area (Å²) in [6.45, 7) is 3.28. The van der Waals surface area contributed by atoms with Crippen LogP contribution in [0.25, 0.3) is 10.9 Å². The van der Waals surface area contributed by atoms with Crippen LogP contribution in [0.5, 0.6) is 0 Å². The number of hydrogen-bond acceptors (Lipinski definition) is 4. The number of thiophene rings is 1. The first-order valence-electron chi connectivity index (χ1n) is 13.2. The Hall–Kier alpha value is -3.34. The van der Waals surface area contributed by atoms with Crippen LogP contribution in [0.4, 0.5) is 0 Å². The topological polar surface area (TPSA) is 87.2 Å². The van der Waals surface area contributed by atoms with E-state index in [1.54, 1.807) is 12.1 Å². The quantitative estimate of drug-likeness (QED) is 0.379. The van der Waals surface area contributed by atoms with E-state index in [-0.39, 0.29) is 26.7 Å². The van der Waals surface area contributed by atoms with Crippen molar-refractivity contribution in [2.24, 2.45) is 5.89 Å². The molecule has 0 fully saturated rings. The number of carboxylic acids is 1. The summed E-state index contributed by atoms with van der Waals surface area (Å²) in [7, 11) is -4.55. The lowest BCUT2D eigenvalue weighted by molar-refractivity contribution is -0.140. The predicted octanol–water partition coefficient (Wildman–Crippen LogP) is 4.96. The first-order valence-corrected chi connectivity index (χ1v) is 12.2. The SMILES string of the molecule is [2H]c1[nH]c2c([2H])c([2H])c(C)c([2H])c2c1C([2H])([2H])[C@@]([2H])(CS(=O)(=O)c1ccc(C#Cc2ccc(C)cc2)s1)C(=O)O. The van der Waals surface area contributed by atoms with E-state index in [4.69, 9.17) is 9.60 Å². The molecule has 7 heteroatoms. The molecule has 0 aliphatic carbocycles. The molecular weight excluding hydrogens is 454 g/mol. The molecule has 2 N–H and O–H groups in total. The second-order valence-electron chi connectivity index (χ2n) is 7.28. The molecule has 0 aliphatic heterocycles. The minimum atomic E-state index is -4.55. The van der Waals surface area contributed by atoms with E-state index in [2.05, 4.69) is 16.8 Å². The van der Waals surface area contributed by atoms with Gasteiger partial charge in [0.2, 0.25) is 0 Å². The number of fused-ring (bicyclic) bond motifs is 1. The van der Waals surface area contributed by atoms with Gasteiger partial charge in [-0.25, -0.2) is 8.42 Å². The van der Waals surface area contributed by atoms with Gasteiger partial charge in [0.05, 0.1) is 22.0 Å². The number of hydrogen-bond donors (Lipinski definition) is 2. The van der Waals surface area contributed by atoms with Gasteiger partial charge in [-0.2, -0.15) is 0 Å². The molecule has 1 atom stereocenters. The average Bonchev–Trinajstić information content (AvgIpc) is 3.51. The van der Waals surface area contributed by atoms with Gasteiger partial charge in [-0.05, 0) is 62.1 Å². The van der Waals surface area contributed by atoms with Crippen molar-refractivity contribution in [2.45, 2.75) is 24.4 Å². The number of aromatic nitrogens is 1. The van der Waals surface area contributed by atoms with E-state index < -0.39 is 57.6 Å². The van der Waals surface area contributed by atoms with E-state index in [0.29, 0.717) is 10.4 Å². The first-order chi connectivity index (χ1) is 18.5. The lowest BCUT2D eigenvalue weighted by Gasteiger charge is -2.12.